The lowest BCUT2D eigenvalue weighted by Gasteiger charge is -2.08. The lowest BCUT2D eigenvalue weighted by Crippen LogP contribution is -2.25. The molecule has 2 amide bonds. The number of nitrogens with zero attached hydrogens (tertiary/aromatic N) is 1. The fourth-order valence-electron chi connectivity index (χ4n) is 1.52. The summed E-state index contributed by atoms with van der Waals surface area (Å²) < 4.78 is 0. The van der Waals surface area contributed by atoms with Crippen molar-refractivity contribution in [2.75, 3.05) is 25.0 Å². The lowest BCUT2D eigenvalue weighted by atomic mass is 10.3. The molecule has 0 spiro atoms. The molecule has 1 aromatic heterocycles. The number of anilines is 1. The second kappa shape index (κ2) is 8.07. The molecule has 19 heavy (non-hydrogen) atoms. The molecule has 0 bridgehead atoms. The maximum Gasteiger partial charge on any atom is 0.269 e. The largest absolute Gasteiger partial charge is 0.384 e. The van der Waals surface area contributed by atoms with Gasteiger partial charge in [0.15, 0.2) is 0 Å². The molecule has 0 atom stereocenters. The molecule has 1 heterocycles. The molecule has 0 fully saturated rings. The van der Waals surface area contributed by atoms with E-state index in [1.54, 1.807) is 18.3 Å². The Bertz CT molecular complexity index is 434. The molecule has 0 radical (unpaired) electrons. The molecule has 3 N–H and O–H groups in total. The van der Waals surface area contributed by atoms with Crippen LogP contribution in [0, 0.1) is 0 Å². The number of rotatable bonds is 7. The number of amides is 2. The topological polar surface area (TPSA) is 83.1 Å². The standard InChI is InChI=1S/C13H20N4O2/c1-3-14-12(18)6-8-16-10-5-7-17-11(9-10)13(19)15-4-2/h5,7,9H,3-4,6,8H2,1-2H3,(H,14,18)(H,15,19)(H,16,17). The summed E-state index contributed by atoms with van der Waals surface area (Å²) >= 11 is 0. The lowest BCUT2D eigenvalue weighted by molar-refractivity contribution is -0.120. The smallest absolute Gasteiger partial charge is 0.269 e. The molecule has 1 rings (SSSR count). The average Bonchev–Trinajstić information content (AvgIpc) is 2.40. The number of hydrogen-bond acceptors (Lipinski definition) is 4. The zero-order valence-electron chi connectivity index (χ0n) is 11.3. The number of carbonyl (C=O) groups is 2. The first-order valence-corrected chi connectivity index (χ1v) is 6.42. The van der Waals surface area contributed by atoms with Crippen molar-refractivity contribution in [3.8, 4) is 0 Å². The van der Waals surface area contributed by atoms with E-state index in [-0.39, 0.29) is 11.8 Å². The van der Waals surface area contributed by atoms with Gasteiger partial charge in [-0.05, 0) is 26.0 Å². The van der Waals surface area contributed by atoms with Crippen molar-refractivity contribution in [1.29, 1.82) is 0 Å². The Hall–Kier alpha value is -2.11. The fraction of sp³-hybridized carbons (Fsp3) is 0.462. The second-order valence-electron chi connectivity index (χ2n) is 3.92. The highest BCUT2D eigenvalue weighted by molar-refractivity contribution is 5.93. The maximum atomic E-state index is 11.6. The van der Waals surface area contributed by atoms with E-state index in [2.05, 4.69) is 20.9 Å². The molecule has 0 aromatic carbocycles. The Morgan fingerprint density at radius 3 is 2.63 bits per heavy atom. The Morgan fingerprint density at radius 2 is 1.95 bits per heavy atom. The van der Waals surface area contributed by atoms with Gasteiger partial charge < -0.3 is 16.0 Å². The van der Waals surface area contributed by atoms with Crippen LogP contribution in [-0.4, -0.2) is 36.4 Å². The third-order valence-corrected chi connectivity index (χ3v) is 2.39. The van der Waals surface area contributed by atoms with Gasteiger partial charge in [-0.1, -0.05) is 0 Å². The van der Waals surface area contributed by atoms with E-state index in [9.17, 15) is 9.59 Å². The normalized spacial score (nSPS) is 9.79. The van der Waals surface area contributed by atoms with E-state index in [0.717, 1.165) is 5.69 Å². The number of aromatic nitrogens is 1. The first-order valence-electron chi connectivity index (χ1n) is 6.42. The highest BCUT2D eigenvalue weighted by Gasteiger charge is 2.06. The van der Waals surface area contributed by atoms with E-state index in [4.69, 9.17) is 0 Å². The van der Waals surface area contributed by atoms with Gasteiger partial charge in [0.2, 0.25) is 5.91 Å². The minimum Gasteiger partial charge on any atom is -0.384 e. The minimum atomic E-state index is -0.199. The fourth-order valence-corrected chi connectivity index (χ4v) is 1.52. The maximum absolute atomic E-state index is 11.6. The summed E-state index contributed by atoms with van der Waals surface area (Å²) in [5, 5.41) is 8.50. The van der Waals surface area contributed by atoms with Crippen molar-refractivity contribution in [2.45, 2.75) is 20.3 Å². The van der Waals surface area contributed by atoms with E-state index >= 15 is 0 Å². The molecule has 0 unspecified atom stereocenters. The molecule has 1 aromatic rings. The minimum absolute atomic E-state index is 0.00741. The molecule has 6 nitrogen and oxygen atoms in total. The first-order chi connectivity index (χ1) is 9.17. The third kappa shape index (κ3) is 5.37. The Balaban J connectivity index is 2.48. The zero-order chi connectivity index (χ0) is 14.1. The summed E-state index contributed by atoms with van der Waals surface area (Å²) in [4.78, 5) is 26.9. The average molecular weight is 264 g/mol. The van der Waals surface area contributed by atoms with Gasteiger partial charge in [-0.2, -0.15) is 0 Å². The van der Waals surface area contributed by atoms with Crippen LogP contribution in [0.3, 0.4) is 0 Å². The Labute approximate surface area is 113 Å². The summed E-state index contributed by atoms with van der Waals surface area (Å²) in [6.07, 6.45) is 1.96. The zero-order valence-corrected chi connectivity index (χ0v) is 11.3. The van der Waals surface area contributed by atoms with Crippen molar-refractivity contribution in [3.05, 3.63) is 24.0 Å². The van der Waals surface area contributed by atoms with Crippen LogP contribution < -0.4 is 16.0 Å². The summed E-state index contributed by atoms with van der Waals surface area (Å²) in [6, 6.07) is 3.43. The van der Waals surface area contributed by atoms with Crippen molar-refractivity contribution in [1.82, 2.24) is 15.6 Å². The Kier molecular flexibility index (Phi) is 6.35. The van der Waals surface area contributed by atoms with Gasteiger partial charge in [0.25, 0.3) is 5.91 Å². The molecule has 104 valence electrons. The van der Waals surface area contributed by atoms with Crippen molar-refractivity contribution < 1.29 is 9.59 Å². The van der Waals surface area contributed by atoms with E-state index in [0.29, 0.717) is 31.7 Å². The van der Waals surface area contributed by atoms with E-state index in [1.165, 1.54) is 0 Å². The van der Waals surface area contributed by atoms with Crippen LogP contribution >= 0.6 is 0 Å². The van der Waals surface area contributed by atoms with Gasteiger partial charge in [-0.15, -0.1) is 0 Å². The predicted octanol–water partition coefficient (Wildman–Crippen LogP) is 0.769. The molecule has 0 aliphatic carbocycles. The first kappa shape index (κ1) is 14.9. The van der Waals surface area contributed by atoms with Crippen LogP contribution in [-0.2, 0) is 4.79 Å². The molecular formula is C13H20N4O2. The number of hydrogen-bond donors (Lipinski definition) is 3. The quantitative estimate of drug-likeness (QED) is 0.679. The number of nitrogens with one attached hydrogen (secondary N) is 3. The number of pyridine rings is 1. The van der Waals surface area contributed by atoms with Crippen molar-refractivity contribution >= 4 is 17.5 Å². The summed E-state index contributed by atoms with van der Waals surface area (Å²) in [6.45, 7) is 5.45. The molecule has 0 aliphatic heterocycles. The molecular weight excluding hydrogens is 244 g/mol. The molecule has 0 saturated carbocycles. The summed E-state index contributed by atoms with van der Waals surface area (Å²) in [5.41, 5.74) is 1.14. The van der Waals surface area contributed by atoms with Crippen LogP contribution in [0.15, 0.2) is 18.3 Å². The van der Waals surface area contributed by atoms with Crippen LogP contribution in [0.1, 0.15) is 30.8 Å². The van der Waals surface area contributed by atoms with Crippen molar-refractivity contribution in [3.63, 3.8) is 0 Å². The Morgan fingerprint density at radius 1 is 1.21 bits per heavy atom. The van der Waals surface area contributed by atoms with Gasteiger partial charge in [0, 0.05) is 37.9 Å². The van der Waals surface area contributed by atoms with Crippen LogP contribution in [0.4, 0.5) is 5.69 Å². The van der Waals surface area contributed by atoms with Crippen LogP contribution in [0.25, 0.3) is 0 Å². The van der Waals surface area contributed by atoms with Crippen LogP contribution in [0.5, 0.6) is 0 Å². The highest BCUT2D eigenvalue weighted by atomic mass is 16.2. The SMILES string of the molecule is CCNC(=O)CCNc1ccnc(C(=O)NCC)c1. The molecule has 0 aliphatic rings. The molecule has 0 saturated heterocycles. The van der Waals surface area contributed by atoms with E-state index in [1.807, 2.05) is 13.8 Å². The van der Waals surface area contributed by atoms with Gasteiger partial charge in [0.1, 0.15) is 5.69 Å². The van der Waals surface area contributed by atoms with Gasteiger partial charge >= 0.3 is 0 Å². The second-order valence-corrected chi connectivity index (χ2v) is 3.92. The summed E-state index contributed by atoms with van der Waals surface area (Å²) in [7, 11) is 0. The van der Waals surface area contributed by atoms with Crippen LogP contribution in [0.2, 0.25) is 0 Å². The van der Waals surface area contributed by atoms with E-state index < -0.39 is 0 Å². The summed E-state index contributed by atoms with van der Waals surface area (Å²) in [5.74, 6) is -0.192. The van der Waals surface area contributed by atoms with Gasteiger partial charge in [0.05, 0.1) is 0 Å². The van der Waals surface area contributed by atoms with Gasteiger partial charge in [-0.3, -0.25) is 14.6 Å². The monoisotopic (exact) mass is 264 g/mol. The predicted molar refractivity (Wildman–Crippen MR) is 74.0 cm³/mol. The number of carbonyl (C=O) groups excluding carboxylic acids is 2. The molecule has 6 heteroatoms. The van der Waals surface area contributed by atoms with Gasteiger partial charge in [-0.25, -0.2) is 0 Å². The third-order valence-electron chi connectivity index (χ3n) is 2.39. The van der Waals surface area contributed by atoms with Crippen molar-refractivity contribution in [2.24, 2.45) is 0 Å². The highest BCUT2D eigenvalue weighted by Crippen LogP contribution is 2.07.